The second kappa shape index (κ2) is 5.26. The second-order valence-corrected chi connectivity index (χ2v) is 4.01. The maximum Gasteiger partial charge on any atom is 0.254 e. The van der Waals surface area contributed by atoms with Gasteiger partial charge >= 0.3 is 0 Å². The first-order valence-electron chi connectivity index (χ1n) is 5.60. The van der Waals surface area contributed by atoms with Gasteiger partial charge in [-0.2, -0.15) is 10.4 Å². The van der Waals surface area contributed by atoms with E-state index < -0.39 is 0 Å². The van der Waals surface area contributed by atoms with Gasteiger partial charge in [-0.1, -0.05) is 12.1 Å². The molecule has 0 fully saturated rings. The van der Waals surface area contributed by atoms with E-state index in [1.54, 1.807) is 12.3 Å². The van der Waals surface area contributed by atoms with Crippen molar-refractivity contribution in [2.75, 3.05) is 0 Å². The first-order valence-corrected chi connectivity index (χ1v) is 5.60. The van der Waals surface area contributed by atoms with Crippen LogP contribution in [0.4, 0.5) is 0 Å². The van der Waals surface area contributed by atoms with Crippen molar-refractivity contribution < 1.29 is 4.79 Å². The van der Waals surface area contributed by atoms with E-state index in [0.29, 0.717) is 0 Å². The molecule has 2 rings (SSSR count). The van der Waals surface area contributed by atoms with Crippen LogP contribution in [-0.2, 0) is 17.6 Å². The Bertz CT molecular complexity index is 500. The third-order valence-corrected chi connectivity index (χ3v) is 2.77. The SMILES string of the molecule is N#CCC(=O)N/N=C\c1ccc2c(c1)CCC2. The van der Waals surface area contributed by atoms with Crippen molar-refractivity contribution in [1.82, 2.24) is 5.43 Å². The quantitative estimate of drug-likeness (QED) is 0.628. The fourth-order valence-electron chi connectivity index (χ4n) is 1.96. The molecule has 1 amide bonds. The topological polar surface area (TPSA) is 65.2 Å². The lowest BCUT2D eigenvalue weighted by atomic mass is 10.1. The first-order chi connectivity index (χ1) is 8.29. The number of nitriles is 1. The maximum absolute atomic E-state index is 11.0. The van der Waals surface area contributed by atoms with Crippen molar-refractivity contribution in [2.45, 2.75) is 25.7 Å². The number of amides is 1. The fraction of sp³-hybridized carbons (Fsp3) is 0.308. The molecule has 0 radical (unpaired) electrons. The van der Waals surface area contributed by atoms with E-state index in [-0.39, 0.29) is 12.3 Å². The zero-order chi connectivity index (χ0) is 12.1. The lowest BCUT2D eigenvalue weighted by Crippen LogP contribution is -2.16. The molecule has 0 spiro atoms. The highest BCUT2D eigenvalue weighted by atomic mass is 16.2. The number of carbonyl (C=O) groups is 1. The van der Waals surface area contributed by atoms with E-state index in [1.165, 1.54) is 17.5 Å². The zero-order valence-corrected chi connectivity index (χ0v) is 9.44. The summed E-state index contributed by atoms with van der Waals surface area (Å²) in [5.41, 5.74) is 6.07. The van der Waals surface area contributed by atoms with Crippen LogP contribution in [0.15, 0.2) is 23.3 Å². The number of fused-ring (bicyclic) bond motifs is 1. The van der Waals surface area contributed by atoms with Gasteiger partial charge in [-0.25, -0.2) is 5.43 Å². The number of carbonyl (C=O) groups excluding carboxylic acids is 1. The molecule has 0 aliphatic heterocycles. The summed E-state index contributed by atoms with van der Waals surface area (Å²) in [6, 6.07) is 7.97. The molecule has 4 nitrogen and oxygen atoms in total. The molecule has 1 N–H and O–H groups in total. The van der Waals surface area contributed by atoms with Gasteiger partial charge in [0.2, 0.25) is 0 Å². The van der Waals surface area contributed by atoms with Gasteiger partial charge in [-0.05, 0) is 42.0 Å². The number of nitrogens with zero attached hydrogens (tertiary/aromatic N) is 2. The van der Waals surface area contributed by atoms with Crippen LogP contribution in [0.2, 0.25) is 0 Å². The molecule has 0 heterocycles. The van der Waals surface area contributed by atoms with Crippen molar-refractivity contribution in [3.05, 3.63) is 34.9 Å². The van der Waals surface area contributed by atoms with E-state index in [1.807, 2.05) is 6.07 Å². The van der Waals surface area contributed by atoms with Crippen LogP contribution in [0, 0.1) is 11.3 Å². The summed E-state index contributed by atoms with van der Waals surface area (Å²) in [6.07, 6.45) is 4.94. The van der Waals surface area contributed by atoms with E-state index >= 15 is 0 Å². The molecule has 0 unspecified atom stereocenters. The number of rotatable bonds is 3. The molecular formula is C13H13N3O. The molecule has 0 aromatic heterocycles. The first kappa shape index (κ1) is 11.3. The Morgan fingerprint density at radius 3 is 3.12 bits per heavy atom. The molecule has 86 valence electrons. The fourth-order valence-corrected chi connectivity index (χ4v) is 1.96. The van der Waals surface area contributed by atoms with Gasteiger partial charge in [0, 0.05) is 0 Å². The van der Waals surface area contributed by atoms with Crippen LogP contribution in [0.1, 0.15) is 29.5 Å². The summed E-state index contributed by atoms with van der Waals surface area (Å²) < 4.78 is 0. The summed E-state index contributed by atoms with van der Waals surface area (Å²) in [4.78, 5) is 11.0. The Hall–Kier alpha value is -2.15. The lowest BCUT2D eigenvalue weighted by Gasteiger charge is -2.00. The third kappa shape index (κ3) is 2.91. The standard InChI is InChI=1S/C13H13N3O/c14-7-6-13(17)16-15-9-10-4-5-11-2-1-3-12(11)8-10/h4-5,8-9H,1-3,6H2,(H,16,17)/b15-9-. The number of hydrogen-bond acceptors (Lipinski definition) is 3. The largest absolute Gasteiger partial charge is 0.272 e. The van der Waals surface area contributed by atoms with E-state index in [2.05, 4.69) is 22.7 Å². The second-order valence-electron chi connectivity index (χ2n) is 4.01. The molecule has 0 bridgehead atoms. The molecule has 1 aromatic rings. The summed E-state index contributed by atoms with van der Waals surface area (Å²) in [5.74, 6) is -0.384. The zero-order valence-electron chi connectivity index (χ0n) is 9.44. The minimum absolute atomic E-state index is 0.165. The summed E-state index contributed by atoms with van der Waals surface area (Å²) in [6.45, 7) is 0. The highest BCUT2D eigenvalue weighted by Crippen LogP contribution is 2.22. The van der Waals surface area contributed by atoms with Gasteiger partial charge in [0.25, 0.3) is 5.91 Å². The number of hydrogen-bond donors (Lipinski definition) is 1. The smallest absolute Gasteiger partial charge is 0.254 e. The minimum Gasteiger partial charge on any atom is -0.272 e. The van der Waals surface area contributed by atoms with Crippen molar-refractivity contribution in [3.8, 4) is 6.07 Å². The number of nitrogens with one attached hydrogen (secondary N) is 1. The van der Waals surface area contributed by atoms with E-state index in [0.717, 1.165) is 18.4 Å². The average Bonchev–Trinajstić information content (AvgIpc) is 2.76. The lowest BCUT2D eigenvalue weighted by molar-refractivity contribution is -0.120. The van der Waals surface area contributed by atoms with E-state index in [4.69, 9.17) is 5.26 Å². The van der Waals surface area contributed by atoms with Crippen LogP contribution in [-0.4, -0.2) is 12.1 Å². The van der Waals surface area contributed by atoms with Crippen molar-refractivity contribution in [3.63, 3.8) is 0 Å². The Balaban J connectivity index is 1.97. The average molecular weight is 227 g/mol. The monoisotopic (exact) mass is 227 g/mol. The van der Waals surface area contributed by atoms with Crippen molar-refractivity contribution in [2.24, 2.45) is 5.10 Å². The van der Waals surface area contributed by atoms with Gasteiger partial charge < -0.3 is 0 Å². The van der Waals surface area contributed by atoms with Crippen LogP contribution in [0.3, 0.4) is 0 Å². The predicted octanol–water partition coefficient (Wildman–Crippen LogP) is 1.54. The van der Waals surface area contributed by atoms with Gasteiger partial charge in [-0.3, -0.25) is 4.79 Å². The third-order valence-electron chi connectivity index (χ3n) is 2.77. The van der Waals surface area contributed by atoms with Crippen molar-refractivity contribution in [1.29, 1.82) is 5.26 Å². The van der Waals surface area contributed by atoms with Gasteiger partial charge in [-0.15, -0.1) is 0 Å². The van der Waals surface area contributed by atoms with Crippen LogP contribution < -0.4 is 5.43 Å². The molecule has 1 aliphatic rings. The van der Waals surface area contributed by atoms with E-state index in [9.17, 15) is 4.79 Å². The molecule has 1 aliphatic carbocycles. The minimum atomic E-state index is -0.384. The Morgan fingerprint density at radius 1 is 1.47 bits per heavy atom. The molecule has 1 aromatic carbocycles. The van der Waals surface area contributed by atoms with Gasteiger partial charge in [0.15, 0.2) is 0 Å². The van der Waals surface area contributed by atoms with Gasteiger partial charge in [0.1, 0.15) is 6.42 Å². The molecule has 0 saturated heterocycles. The Labute approximate surface area is 99.9 Å². The maximum atomic E-state index is 11.0. The van der Waals surface area contributed by atoms with Crippen LogP contribution in [0.25, 0.3) is 0 Å². The predicted molar refractivity (Wildman–Crippen MR) is 64.4 cm³/mol. The van der Waals surface area contributed by atoms with Crippen molar-refractivity contribution >= 4 is 12.1 Å². The van der Waals surface area contributed by atoms with Crippen LogP contribution >= 0.6 is 0 Å². The summed E-state index contributed by atoms with van der Waals surface area (Å²) >= 11 is 0. The molecule has 17 heavy (non-hydrogen) atoms. The highest BCUT2D eigenvalue weighted by molar-refractivity contribution is 5.83. The molecule has 0 atom stereocenters. The number of hydrazone groups is 1. The molecule has 0 saturated carbocycles. The Kier molecular flexibility index (Phi) is 3.51. The number of aryl methyl sites for hydroxylation is 2. The summed E-state index contributed by atoms with van der Waals surface area (Å²) in [5, 5.41) is 12.1. The highest BCUT2D eigenvalue weighted by Gasteiger charge is 2.09. The molecule has 4 heteroatoms. The molecular weight excluding hydrogens is 214 g/mol. The Morgan fingerprint density at radius 2 is 2.29 bits per heavy atom. The van der Waals surface area contributed by atoms with Crippen LogP contribution in [0.5, 0.6) is 0 Å². The summed E-state index contributed by atoms with van der Waals surface area (Å²) in [7, 11) is 0. The number of benzene rings is 1. The van der Waals surface area contributed by atoms with Gasteiger partial charge in [0.05, 0.1) is 12.3 Å². The normalized spacial score (nSPS) is 13.4.